The molecule has 0 bridgehead atoms. The molecule has 2 heterocycles. The Kier molecular flexibility index (Phi) is 4.99. The maximum atomic E-state index is 4.48. The molecule has 0 spiro atoms. The summed E-state index contributed by atoms with van der Waals surface area (Å²) in [6.45, 7) is 5.31. The van der Waals surface area contributed by atoms with Crippen LogP contribution >= 0.6 is 11.3 Å². The molecule has 1 aliphatic heterocycles. The van der Waals surface area contributed by atoms with Crippen LogP contribution in [0.1, 0.15) is 30.0 Å². The molecular formula is C13H22N4S. The van der Waals surface area contributed by atoms with E-state index in [1.807, 2.05) is 14.0 Å². The fourth-order valence-electron chi connectivity index (χ4n) is 2.22. The van der Waals surface area contributed by atoms with Gasteiger partial charge in [-0.3, -0.25) is 4.99 Å². The highest BCUT2D eigenvalue weighted by molar-refractivity contribution is 7.09. The van der Waals surface area contributed by atoms with Crippen molar-refractivity contribution in [2.45, 2.75) is 32.6 Å². The van der Waals surface area contributed by atoms with Crippen LogP contribution < -0.4 is 5.32 Å². The van der Waals surface area contributed by atoms with Crippen LogP contribution in [0.25, 0.3) is 0 Å². The molecule has 1 aromatic heterocycles. The Balaban J connectivity index is 1.67. The van der Waals surface area contributed by atoms with Gasteiger partial charge in [-0.25, -0.2) is 4.98 Å². The lowest BCUT2D eigenvalue weighted by molar-refractivity contribution is 0.492. The highest BCUT2D eigenvalue weighted by atomic mass is 32.1. The minimum absolute atomic E-state index is 0.974. The molecule has 0 atom stereocenters. The first kappa shape index (κ1) is 13.3. The molecular weight excluding hydrogens is 244 g/mol. The third kappa shape index (κ3) is 3.70. The Morgan fingerprint density at radius 1 is 1.50 bits per heavy atom. The van der Waals surface area contributed by atoms with Gasteiger partial charge >= 0.3 is 0 Å². The van der Waals surface area contributed by atoms with Crippen molar-refractivity contribution in [2.24, 2.45) is 4.99 Å². The molecule has 18 heavy (non-hydrogen) atoms. The monoisotopic (exact) mass is 266 g/mol. The van der Waals surface area contributed by atoms with Crippen molar-refractivity contribution in [3.63, 3.8) is 0 Å². The van der Waals surface area contributed by atoms with E-state index < -0.39 is 0 Å². The van der Waals surface area contributed by atoms with E-state index in [-0.39, 0.29) is 0 Å². The summed E-state index contributed by atoms with van der Waals surface area (Å²) >= 11 is 1.76. The van der Waals surface area contributed by atoms with E-state index in [9.17, 15) is 0 Å². The number of guanidine groups is 1. The van der Waals surface area contributed by atoms with Gasteiger partial charge in [0.2, 0.25) is 0 Å². The van der Waals surface area contributed by atoms with Crippen molar-refractivity contribution in [1.82, 2.24) is 15.2 Å². The smallest absolute Gasteiger partial charge is 0.193 e. The normalized spacial score (nSPS) is 16.3. The third-order valence-corrected chi connectivity index (χ3v) is 4.16. The Morgan fingerprint density at radius 3 is 2.89 bits per heavy atom. The Bertz CT molecular complexity index is 393. The number of hydrogen-bond donors (Lipinski definition) is 1. The Morgan fingerprint density at radius 2 is 2.28 bits per heavy atom. The predicted molar refractivity (Wildman–Crippen MR) is 77.3 cm³/mol. The molecule has 0 aromatic carbocycles. The van der Waals surface area contributed by atoms with Crippen molar-refractivity contribution >= 4 is 17.3 Å². The second-order valence-corrected chi connectivity index (χ2v) is 5.60. The standard InChI is InChI=1S/C13H22N4S/c1-11-10-18-12(16-11)6-5-7-15-13(14-2)17-8-3-4-9-17/h10H,3-9H2,1-2H3,(H,14,15). The molecule has 2 rings (SSSR count). The summed E-state index contributed by atoms with van der Waals surface area (Å²) in [5, 5.41) is 6.80. The van der Waals surface area contributed by atoms with E-state index in [0.717, 1.165) is 44.1 Å². The van der Waals surface area contributed by atoms with Crippen LogP contribution in [-0.4, -0.2) is 42.5 Å². The minimum Gasteiger partial charge on any atom is -0.356 e. The van der Waals surface area contributed by atoms with Gasteiger partial charge in [0.15, 0.2) is 5.96 Å². The van der Waals surface area contributed by atoms with Crippen LogP contribution in [0.2, 0.25) is 0 Å². The molecule has 1 aliphatic rings. The van der Waals surface area contributed by atoms with E-state index in [0.29, 0.717) is 0 Å². The van der Waals surface area contributed by atoms with Crippen LogP contribution in [0.15, 0.2) is 10.4 Å². The van der Waals surface area contributed by atoms with E-state index in [2.05, 4.69) is 25.6 Å². The van der Waals surface area contributed by atoms with Gasteiger partial charge in [0.05, 0.1) is 5.01 Å². The number of rotatable bonds is 4. The zero-order valence-corrected chi connectivity index (χ0v) is 12.1. The molecule has 0 unspecified atom stereocenters. The van der Waals surface area contributed by atoms with Crippen LogP contribution in [0.4, 0.5) is 0 Å². The second-order valence-electron chi connectivity index (χ2n) is 4.65. The van der Waals surface area contributed by atoms with Gasteiger partial charge in [-0.2, -0.15) is 0 Å². The van der Waals surface area contributed by atoms with Crippen LogP contribution in [0, 0.1) is 6.92 Å². The molecule has 0 saturated carbocycles. The third-order valence-electron chi connectivity index (χ3n) is 3.13. The minimum atomic E-state index is 0.974. The zero-order valence-electron chi connectivity index (χ0n) is 11.3. The van der Waals surface area contributed by atoms with Crippen LogP contribution in [0.5, 0.6) is 0 Å². The van der Waals surface area contributed by atoms with E-state index in [1.165, 1.54) is 17.8 Å². The summed E-state index contributed by atoms with van der Waals surface area (Å²) < 4.78 is 0. The molecule has 0 amide bonds. The molecule has 1 fully saturated rings. The Labute approximate surface area is 113 Å². The highest BCUT2D eigenvalue weighted by Gasteiger charge is 2.14. The van der Waals surface area contributed by atoms with Gasteiger partial charge in [0, 0.05) is 44.2 Å². The lowest BCUT2D eigenvalue weighted by Gasteiger charge is -2.20. The first-order valence-corrected chi connectivity index (χ1v) is 7.54. The number of hydrogen-bond acceptors (Lipinski definition) is 3. The van der Waals surface area contributed by atoms with Crippen molar-refractivity contribution in [3.05, 3.63) is 16.1 Å². The van der Waals surface area contributed by atoms with Gasteiger partial charge in [-0.1, -0.05) is 0 Å². The molecule has 1 saturated heterocycles. The molecule has 5 heteroatoms. The largest absolute Gasteiger partial charge is 0.356 e. The Hall–Kier alpha value is -1.10. The number of thiazole rings is 1. The van der Waals surface area contributed by atoms with Gasteiger partial charge < -0.3 is 10.2 Å². The molecule has 0 radical (unpaired) electrons. The maximum Gasteiger partial charge on any atom is 0.193 e. The summed E-state index contributed by atoms with van der Waals surface area (Å²) in [6.07, 6.45) is 4.75. The number of aliphatic imine (C=N–C) groups is 1. The average molecular weight is 266 g/mol. The van der Waals surface area contributed by atoms with Gasteiger partial charge in [-0.15, -0.1) is 11.3 Å². The quantitative estimate of drug-likeness (QED) is 0.515. The first-order valence-electron chi connectivity index (χ1n) is 6.66. The SMILES string of the molecule is CN=C(NCCCc1nc(C)cs1)N1CCCC1. The van der Waals surface area contributed by atoms with E-state index in [1.54, 1.807) is 11.3 Å². The fourth-order valence-corrected chi connectivity index (χ4v) is 3.04. The number of nitrogens with zero attached hydrogens (tertiary/aromatic N) is 3. The van der Waals surface area contributed by atoms with Crippen LogP contribution in [0.3, 0.4) is 0 Å². The van der Waals surface area contributed by atoms with Crippen molar-refractivity contribution in [1.29, 1.82) is 0 Å². The first-order chi connectivity index (χ1) is 8.79. The lowest BCUT2D eigenvalue weighted by Crippen LogP contribution is -2.40. The summed E-state index contributed by atoms with van der Waals surface area (Å²) in [6, 6.07) is 0. The number of aryl methyl sites for hydroxylation is 2. The van der Waals surface area contributed by atoms with E-state index >= 15 is 0 Å². The zero-order chi connectivity index (χ0) is 12.8. The van der Waals surface area contributed by atoms with Crippen molar-refractivity contribution in [3.8, 4) is 0 Å². The number of aromatic nitrogens is 1. The maximum absolute atomic E-state index is 4.48. The topological polar surface area (TPSA) is 40.5 Å². The number of nitrogens with one attached hydrogen (secondary N) is 1. The van der Waals surface area contributed by atoms with Crippen LogP contribution in [-0.2, 0) is 6.42 Å². The highest BCUT2D eigenvalue weighted by Crippen LogP contribution is 2.10. The molecule has 4 nitrogen and oxygen atoms in total. The molecule has 1 aromatic rings. The van der Waals surface area contributed by atoms with E-state index in [4.69, 9.17) is 0 Å². The van der Waals surface area contributed by atoms with Gasteiger partial charge in [-0.05, 0) is 26.2 Å². The molecule has 1 N–H and O–H groups in total. The van der Waals surface area contributed by atoms with Crippen molar-refractivity contribution < 1.29 is 0 Å². The summed E-state index contributed by atoms with van der Waals surface area (Å²) in [5.41, 5.74) is 1.14. The van der Waals surface area contributed by atoms with Gasteiger partial charge in [0.25, 0.3) is 0 Å². The predicted octanol–water partition coefficient (Wildman–Crippen LogP) is 2.06. The second kappa shape index (κ2) is 6.73. The average Bonchev–Trinajstić information content (AvgIpc) is 3.01. The summed E-state index contributed by atoms with van der Waals surface area (Å²) in [7, 11) is 1.87. The van der Waals surface area contributed by atoms with Crippen molar-refractivity contribution in [2.75, 3.05) is 26.7 Å². The lowest BCUT2D eigenvalue weighted by atomic mass is 10.3. The number of likely N-dealkylation sites (tertiary alicyclic amines) is 1. The molecule has 100 valence electrons. The summed E-state index contributed by atoms with van der Waals surface area (Å²) in [4.78, 5) is 11.2. The molecule has 0 aliphatic carbocycles. The summed E-state index contributed by atoms with van der Waals surface area (Å²) in [5.74, 6) is 1.06. The van der Waals surface area contributed by atoms with Gasteiger partial charge in [0.1, 0.15) is 0 Å². The fraction of sp³-hybridized carbons (Fsp3) is 0.692.